The number of hydrogen-bond acceptors (Lipinski definition) is 4. The summed E-state index contributed by atoms with van der Waals surface area (Å²) in [6, 6.07) is 11.1. The summed E-state index contributed by atoms with van der Waals surface area (Å²) in [6.07, 6.45) is 1.47. The van der Waals surface area contributed by atoms with Gasteiger partial charge in [-0.1, -0.05) is 17.2 Å². The zero-order chi connectivity index (χ0) is 16.4. The van der Waals surface area contributed by atoms with E-state index in [2.05, 4.69) is 11.1 Å². The first-order valence-corrected chi connectivity index (χ1v) is 7.45. The summed E-state index contributed by atoms with van der Waals surface area (Å²) in [4.78, 5) is 18.3. The zero-order valence-electron chi connectivity index (χ0n) is 13.1. The monoisotopic (exact) mass is 307 g/mol. The lowest BCUT2D eigenvalue weighted by Gasteiger charge is -2.38. The highest BCUT2D eigenvalue weighted by Crippen LogP contribution is 2.20. The number of nitriles is 1. The summed E-state index contributed by atoms with van der Waals surface area (Å²) in [6.45, 7) is 5.04. The van der Waals surface area contributed by atoms with E-state index >= 15 is 0 Å². The number of aromatic nitrogens is 1. The van der Waals surface area contributed by atoms with E-state index in [4.69, 9.17) is 10.00 Å². The number of likely N-dealkylation sites (tertiary alicyclic amines) is 1. The van der Waals surface area contributed by atoms with E-state index in [1.807, 2.05) is 32.0 Å². The number of amides is 1. The molecule has 5 nitrogen and oxygen atoms in total. The summed E-state index contributed by atoms with van der Waals surface area (Å²) >= 11 is 0. The molecule has 23 heavy (non-hydrogen) atoms. The second-order valence-corrected chi connectivity index (χ2v) is 5.82. The molecule has 1 aliphatic heterocycles. The van der Waals surface area contributed by atoms with Crippen molar-refractivity contribution >= 4 is 5.91 Å². The van der Waals surface area contributed by atoms with Crippen LogP contribution in [-0.2, 0) is 0 Å². The van der Waals surface area contributed by atoms with Crippen molar-refractivity contribution in [2.75, 3.05) is 13.1 Å². The van der Waals surface area contributed by atoms with Gasteiger partial charge in [-0.05, 0) is 32.0 Å². The van der Waals surface area contributed by atoms with E-state index in [0.717, 1.165) is 11.1 Å². The fourth-order valence-corrected chi connectivity index (χ4v) is 2.67. The van der Waals surface area contributed by atoms with Crippen molar-refractivity contribution in [3.05, 3.63) is 58.8 Å². The van der Waals surface area contributed by atoms with Gasteiger partial charge in [0.2, 0.25) is 5.88 Å². The van der Waals surface area contributed by atoms with Gasteiger partial charge in [-0.3, -0.25) is 4.79 Å². The summed E-state index contributed by atoms with van der Waals surface area (Å²) in [5.74, 6) is 0.447. The predicted octanol–water partition coefficient (Wildman–Crippen LogP) is 2.47. The van der Waals surface area contributed by atoms with Gasteiger partial charge in [0.1, 0.15) is 6.10 Å². The standard InChI is InChI=1S/C18H17N3O2/c1-12-5-13(2)7-15(6-12)18(22)21-10-16(11-21)23-17-8-14(9-19)3-4-20-17/h3-8,16H,10-11H2,1-2H3. The van der Waals surface area contributed by atoms with E-state index < -0.39 is 0 Å². The molecule has 0 N–H and O–H groups in total. The third kappa shape index (κ3) is 3.32. The minimum absolute atomic E-state index is 0.0235. The number of rotatable bonds is 3. The molecule has 0 unspecified atom stereocenters. The van der Waals surface area contributed by atoms with Crippen molar-refractivity contribution in [1.29, 1.82) is 5.26 Å². The summed E-state index contributed by atoms with van der Waals surface area (Å²) in [7, 11) is 0. The van der Waals surface area contributed by atoms with Gasteiger partial charge < -0.3 is 9.64 Å². The topological polar surface area (TPSA) is 66.2 Å². The van der Waals surface area contributed by atoms with Crippen LogP contribution in [0.15, 0.2) is 36.5 Å². The number of hydrogen-bond donors (Lipinski definition) is 0. The average molecular weight is 307 g/mol. The van der Waals surface area contributed by atoms with Gasteiger partial charge >= 0.3 is 0 Å². The van der Waals surface area contributed by atoms with Crippen LogP contribution in [0, 0.1) is 25.2 Å². The number of carbonyl (C=O) groups excluding carboxylic acids is 1. The summed E-state index contributed by atoms with van der Waals surface area (Å²) in [5, 5.41) is 8.87. The van der Waals surface area contributed by atoms with E-state index in [9.17, 15) is 4.79 Å². The molecule has 2 aromatic rings. The quantitative estimate of drug-likeness (QED) is 0.873. The third-order valence-electron chi connectivity index (χ3n) is 3.76. The Kier molecular flexibility index (Phi) is 3.98. The summed E-state index contributed by atoms with van der Waals surface area (Å²) < 4.78 is 5.70. The van der Waals surface area contributed by atoms with Gasteiger partial charge in [-0.15, -0.1) is 0 Å². The van der Waals surface area contributed by atoms with E-state index in [1.165, 1.54) is 0 Å². The highest BCUT2D eigenvalue weighted by Gasteiger charge is 2.33. The molecule has 3 rings (SSSR count). The molecule has 0 atom stereocenters. The maximum absolute atomic E-state index is 12.4. The largest absolute Gasteiger partial charge is 0.471 e. The van der Waals surface area contributed by atoms with Crippen molar-refractivity contribution in [1.82, 2.24) is 9.88 Å². The molecular weight excluding hydrogens is 290 g/mol. The van der Waals surface area contributed by atoms with Gasteiger partial charge in [0, 0.05) is 17.8 Å². The minimum atomic E-state index is -0.0775. The van der Waals surface area contributed by atoms with Crippen molar-refractivity contribution in [2.24, 2.45) is 0 Å². The molecule has 1 aliphatic rings. The predicted molar refractivity (Wildman–Crippen MR) is 85.2 cm³/mol. The number of pyridine rings is 1. The fraction of sp³-hybridized carbons (Fsp3) is 0.278. The first-order valence-electron chi connectivity index (χ1n) is 7.45. The maximum Gasteiger partial charge on any atom is 0.254 e. The Morgan fingerprint density at radius 3 is 2.61 bits per heavy atom. The Morgan fingerprint density at radius 2 is 1.96 bits per heavy atom. The number of carbonyl (C=O) groups is 1. The van der Waals surface area contributed by atoms with Crippen LogP contribution in [-0.4, -0.2) is 35.0 Å². The highest BCUT2D eigenvalue weighted by molar-refractivity contribution is 5.95. The molecule has 5 heteroatoms. The molecule has 0 radical (unpaired) electrons. The van der Waals surface area contributed by atoms with Crippen LogP contribution >= 0.6 is 0 Å². The van der Waals surface area contributed by atoms with E-state index in [-0.39, 0.29) is 12.0 Å². The average Bonchev–Trinajstić information content (AvgIpc) is 2.49. The molecule has 1 saturated heterocycles. The van der Waals surface area contributed by atoms with Crippen LogP contribution in [0.2, 0.25) is 0 Å². The molecule has 1 aromatic carbocycles. The number of ether oxygens (including phenoxy) is 1. The summed E-state index contributed by atoms with van der Waals surface area (Å²) in [5.41, 5.74) is 3.39. The second kappa shape index (κ2) is 6.09. The van der Waals surface area contributed by atoms with Crippen molar-refractivity contribution in [3.63, 3.8) is 0 Å². The van der Waals surface area contributed by atoms with Crippen LogP contribution in [0.25, 0.3) is 0 Å². The van der Waals surface area contributed by atoms with Crippen molar-refractivity contribution in [3.8, 4) is 11.9 Å². The highest BCUT2D eigenvalue weighted by atomic mass is 16.5. The lowest BCUT2D eigenvalue weighted by atomic mass is 10.0. The number of nitrogens with zero attached hydrogens (tertiary/aromatic N) is 3. The third-order valence-corrected chi connectivity index (χ3v) is 3.76. The number of aryl methyl sites for hydroxylation is 2. The molecule has 1 amide bonds. The Hall–Kier alpha value is -2.87. The molecular formula is C18H17N3O2. The van der Waals surface area contributed by atoms with Crippen LogP contribution in [0.4, 0.5) is 0 Å². The molecule has 2 heterocycles. The molecule has 1 fully saturated rings. The number of benzene rings is 1. The SMILES string of the molecule is Cc1cc(C)cc(C(=O)N2CC(Oc3cc(C#N)ccn3)C2)c1. The van der Waals surface area contributed by atoms with Gasteiger partial charge in [0.15, 0.2) is 0 Å². The molecule has 116 valence electrons. The second-order valence-electron chi connectivity index (χ2n) is 5.82. The van der Waals surface area contributed by atoms with Gasteiger partial charge in [0.05, 0.1) is 24.7 Å². The molecule has 0 spiro atoms. The van der Waals surface area contributed by atoms with Crippen LogP contribution in [0.3, 0.4) is 0 Å². The zero-order valence-corrected chi connectivity index (χ0v) is 13.1. The molecule has 1 aromatic heterocycles. The molecule has 0 bridgehead atoms. The van der Waals surface area contributed by atoms with Gasteiger partial charge in [-0.25, -0.2) is 4.98 Å². The smallest absolute Gasteiger partial charge is 0.254 e. The van der Waals surface area contributed by atoms with Crippen LogP contribution < -0.4 is 4.74 Å². The van der Waals surface area contributed by atoms with Gasteiger partial charge in [0.25, 0.3) is 5.91 Å². The fourth-order valence-electron chi connectivity index (χ4n) is 2.67. The maximum atomic E-state index is 12.4. The van der Waals surface area contributed by atoms with E-state index in [0.29, 0.717) is 30.1 Å². The lowest BCUT2D eigenvalue weighted by molar-refractivity contribution is 0.0160. The van der Waals surface area contributed by atoms with Gasteiger partial charge in [-0.2, -0.15) is 5.26 Å². The first-order chi connectivity index (χ1) is 11.0. The van der Waals surface area contributed by atoms with Crippen molar-refractivity contribution in [2.45, 2.75) is 20.0 Å². The first kappa shape index (κ1) is 15.0. The normalized spacial score (nSPS) is 14.0. The molecule has 0 aliphatic carbocycles. The Bertz CT molecular complexity index is 769. The Morgan fingerprint density at radius 1 is 1.26 bits per heavy atom. The lowest BCUT2D eigenvalue weighted by Crippen LogP contribution is -2.56. The Balaban J connectivity index is 1.60. The Labute approximate surface area is 135 Å². The van der Waals surface area contributed by atoms with E-state index in [1.54, 1.807) is 23.2 Å². The van der Waals surface area contributed by atoms with Crippen molar-refractivity contribution < 1.29 is 9.53 Å². The molecule has 0 saturated carbocycles. The van der Waals surface area contributed by atoms with Crippen LogP contribution in [0.1, 0.15) is 27.0 Å². The minimum Gasteiger partial charge on any atom is -0.471 e. The van der Waals surface area contributed by atoms with Crippen LogP contribution in [0.5, 0.6) is 5.88 Å².